The van der Waals surface area contributed by atoms with Gasteiger partial charge in [0, 0.05) is 17.1 Å². The molecule has 0 saturated carbocycles. The van der Waals surface area contributed by atoms with Gasteiger partial charge in [0.25, 0.3) is 0 Å². The zero-order valence-electron chi connectivity index (χ0n) is 12.8. The van der Waals surface area contributed by atoms with E-state index in [-0.39, 0.29) is 12.1 Å². The molecule has 0 bridgehead atoms. The number of unbranched alkanes of at least 4 members (excludes halogenated alkanes) is 1. The third-order valence-corrected chi connectivity index (χ3v) is 3.93. The number of aliphatic hydroxyl groups is 1. The summed E-state index contributed by atoms with van der Waals surface area (Å²) in [4.78, 5) is 4.38. The molecule has 0 amide bonds. The first-order valence-corrected chi connectivity index (χ1v) is 7.45. The number of nitrogens with zero attached hydrogens (tertiary/aromatic N) is 1. The van der Waals surface area contributed by atoms with E-state index in [4.69, 9.17) is 4.74 Å². The number of benzene rings is 1. The molecule has 0 aliphatic heterocycles. The highest BCUT2D eigenvalue weighted by Crippen LogP contribution is 2.23. The molecule has 1 unspecified atom stereocenters. The van der Waals surface area contributed by atoms with Gasteiger partial charge in [-0.15, -0.1) is 0 Å². The fraction of sp³-hybridized carbons (Fsp3) is 0.471. The summed E-state index contributed by atoms with van der Waals surface area (Å²) in [5.41, 5.74) is 0.719. The molecular weight excluding hydrogens is 264 g/mol. The lowest BCUT2D eigenvalue weighted by molar-refractivity contribution is 0.168. The predicted octanol–water partition coefficient (Wildman–Crippen LogP) is 2.75. The van der Waals surface area contributed by atoms with Crippen LogP contribution in [0.25, 0.3) is 10.9 Å². The van der Waals surface area contributed by atoms with Crippen LogP contribution in [0.3, 0.4) is 0 Å². The second-order valence-corrected chi connectivity index (χ2v) is 5.61. The Morgan fingerprint density at radius 2 is 2.05 bits per heavy atom. The van der Waals surface area contributed by atoms with Gasteiger partial charge >= 0.3 is 0 Å². The number of rotatable bonds is 8. The van der Waals surface area contributed by atoms with E-state index in [0.29, 0.717) is 6.61 Å². The van der Waals surface area contributed by atoms with Gasteiger partial charge in [-0.25, -0.2) is 0 Å². The van der Waals surface area contributed by atoms with E-state index in [2.05, 4.69) is 10.3 Å². The van der Waals surface area contributed by atoms with Crippen LogP contribution in [0.15, 0.2) is 36.5 Å². The number of pyridine rings is 1. The Balaban J connectivity index is 1.83. The van der Waals surface area contributed by atoms with Gasteiger partial charge in [0.2, 0.25) is 0 Å². The van der Waals surface area contributed by atoms with Gasteiger partial charge in [-0.1, -0.05) is 18.2 Å². The first-order chi connectivity index (χ1) is 10.2. The van der Waals surface area contributed by atoms with Crippen molar-refractivity contribution in [1.82, 2.24) is 10.3 Å². The van der Waals surface area contributed by atoms with Crippen molar-refractivity contribution < 1.29 is 9.84 Å². The van der Waals surface area contributed by atoms with E-state index >= 15 is 0 Å². The van der Waals surface area contributed by atoms with E-state index in [9.17, 15) is 5.11 Å². The lowest BCUT2D eigenvalue weighted by atomic mass is 9.96. The normalized spacial score (nSPS) is 14.0. The van der Waals surface area contributed by atoms with Gasteiger partial charge in [0.05, 0.1) is 13.2 Å². The third kappa shape index (κ3) is 4.16. The highest BCUT2D eigenvalue weighted by molar-refractivity contribution is 5.84. The number of hydrogen-bond acceptors (Lipinski definition) is 4. The average Bonchev–Trinajstić information content (AvgIpc) is 2.54. The molecule has 2 N–H and O–H groups in total. The number of para-hydroxylation sites is 1. The first kappa shape index (κ1) is 15.7. The molecule has 2 rings (SSSR count). The standard InChI is InChI=1S/C17H24N2O2/c1-17(13-20,18-2)10-3-4-12-21-15-9-5-7-14-8-6-11-19-16(14)15/h5-9,11,18,20H,3-4,10,12-13H2,1-2H3. The quantitative estimate of drug-likeness (QED) is 0.733. The van der Waals surface area contributed by atoms with Gasteiger partial charge < -0.3 is 15.2 Å². The van der Waals surface area contributed by atoms with Crippen molar-refractivity contribution in [2.24, 2.45) is 0 Å². The SMILES string of the molecule is CNC(C)(CO)CCCCOc1cccc2cccnc12. The molecule has 0 aliphatic rings. The highest BCUT2D eigenvalue weighted by atomic mass is 16.5. The van der Waals surface area contributed by atoms with Crippen molar-refractivity contribution in [3.8, 4) is 5.75 Å². The van der Waals surface area contributed by atoms with E-state index in [1.807, 2.05) is 44.3 Å². The van der Waals surface area contributed by atoms with Crippen LogP contribution in [0.5, 0.6) is 5.75 Å². The van der Waals surface area contributed by atoms with Crippen molar-refractivity contribution >= 4 is 10.9 Å². The number of ether oxygens (including phenoxy) is 1. The van der Waals surface area contributed by atoms with Gasteiger partial charge in [0.1, 0.15) is 11.3 Å². The van der Waals surface area contributed by atoms with Crippen molar-refractivity contribution in [2.45, 2.75) is 31.7 Å². The Morgan fingerprint density at radius 1 is 1.24 bits per heavy atom. The topological polar surface area (TPSA) is 54.4 Å². The molecule has 0 spiro atoms. The average molecular weight is 288 g/mol. The number of nitrogens with one attached hydrogen (secondary N) is 1. The lowest BCUT2D eigenvalue weighted by Gasteiger charge is -2.26. The lowest BCUT2D eigenvalue weighted by Crippen LogP contribution is -2.43. The van der Waals surface area contributed by atoms with Crippen LogP contribution in [0, 0.1) is 0 Å². The first-order valence-electron chi connectivity index (χ1n) is 7.45. The summed E-state index contributed by atoms with van der Waals surface area (Å²) in [6.45, 7) is 2.85. The van der Waals surface area contributed by atoms with Crippen molar-refractivity contribution in [3.63, 3.8) is 0 Å². The van der Waals surface area contributed by atoms with Crippen molar-refractivity contribution in [1.29, 1.82) is 0 Å². The maximum Gasteiger partial charge on any atom is 0.145 e. The van der Waals surface area contributed by atoms with Crippen LogP contribution in [-0.4, -0.2) is 35.9 Å². The Bertz CT molecular complexity index is 562. The molecule has 1 atom stereocenters. The Labute approximate surface area is 126 Å². The zero-order chi connectivity index (χ0) is 15.1. The van der Waals surface area contributed by atoms with Gasteiger partial charge in [0.15, 0.2) is 0 Å². The predicted molar refractivity (Wildman–Crippen MR) is 85.6 cm³/mol. The molecule has 0 fully saturated rings. The van der Waals surface area contributed by atoms with Gasteiger partial charge in [-0.05, 0) is 45.4 Å². The molecule has 4 heteroatoms. The summed E-state index contributed by atoms with van der Waals surface area (Å²) in [5.74, 6) is 0.839. The van der Waals surface area contributed by atoms with Crippen molar-refractivity contribution in [2.75, 3.05) is 20.3 Å². The Kier molecular flexibility index (Phi) is 5.53. The van der Waals surface area contributed by atoms with E-state index < -0.39 is 0 Å². The fourth-order valence-corrected chi connectivity index (χ4v) is 2.28. The molecule has 0 saturated heterocycles. The van der Waals surface area contributed by atoms with Crippen LogP contribution in [-0.2, 0) is 0 Å². The third-order valence-electron chi connectivity index (χ3n) is 3.93. The van der Waals surface area contributed by atoms with Crippen LogP contribution >= 0.6 is 0 Å². The molecule has 114 valence electrons. The minimum Gasteiger partial charge on any atom is -0.491 e. The summed E-state index contributed by atoms with van der Waals surface area (Å²) >= 11 is 0. The van der Waals surface area contributed by atoms with Crippen LogP contribution in [0.1, 0.15) is 26.2 Å². The van der Waals surface area contributed by atoms with Crippen LogP contribution in [0.2, 0.25) is 0 Å². The maximum atomic E-state index is 9.34. The second-order valence-electron chi connectivity index (χ2n) is 5.61. The largest absolute Gasteiger partial charge is 0.491 e. The summed E-state index contributed by atoms with van der Waals surface area (Å²) in [6.07, 6.45) is 4.68. The second kappa shape index (κ2) is 7.38. The smallest absolute Gasteiger partial charge is 0.145 e. The number of aromatic nitrogens is 1. The summed E-state index contributed by atoms with van der Waals surface area (Å²) in [6, 6.07) is 9.95. The van der Waals surface area contributed by atoms with Gasteiger partial charge in [-0.3, -0.25) is 4.98 Å². The molecule has 1 heterocycles. The zero-order valence-corrected chi connectivity index (χ0v) is 12.8. The molecule has 0 aliphatic carbocycles. The molecule has 2 aromatic rings. The van der Waals surface area contributed by atoms with Crippen molar-refractivity contribution in [3.05, 3.63) is 36.5 Å². The van der Waals surface area contributed by atoms with E-state index in [1.165, 1.54) is 0 Å². The monoisotopic (exact) mass is 288 g/mol. The molecule has 21 heavy (non-hydrogen) atoms. The number of hydrogen-bond donors (Lipinski definition) is 2. The van der Waals surface area contributed by atoms with Crippen LogP contribution in [0.4, 0.5) is 0 Å². The maximum absolute atomic E-state index is 9.34. The summed E-state index contributed by atoms with van der Waals surface area (Å²) in [7, 11) is 1.88. The molecule has 1 aromatic carbocycles. The molecule has 4 nitrogen and oxygen atoms in total. The summed E-state index contributed by atoms with van der Waals surface area (Å²) < 4.78 is 5.86. The Hall–Kier alpha value is -1.65. The van der Waals surface area contributed by atoms with Gasteiger partial charge in [-0.2, -0.15) is 0 Å². The number of fused-ring (bicyclic) bond motifs is 1. The number of aliphatic hydroxyl groups excluding tert-OH is 1. The molecule has 0 radical (unpaired) electrons. The molecule has 1 aromatic heterocycles. The minimum absolute atomic E-state index is 0.150. The minimum atomic E-state index is -0.193. The molecular formula is C17H24N2O2. The van der Waals surface area contributed by atoms with E-state index in [1.54, 1.807) is 6.20 Å². The summed E-state index contributed by atoms with van der Waals surface area (Å²) in [5, 5.41) is 13.6. The van der Waals surface area contributed by atoms with E-state index in [0.717, 1.165) is 35.9 Å². The highest BCUT2D eigenvalue weighted by Gasteiger charge is 2.19. The fourth-order valence-electron chi connectivity index (χ4n) is 2.28. The number of likely N-dealkylation sites (N-methyl/N-ethyl adjacent to an activating group) is 1. The van der Waals surface area contributed by atoms with Crippen LogP contribution < -0.4 is 10.1 Å². The Morgan fingerprint density at radius 3 is 2.81 bits per heavy atom.